The van der Waals surface area contributed by atoms with Crippen molar-refractivity contribution in [2.75, 3.05) is 0 Å². The summed E-state index contributed by atoms with van der Waals surface area (Å²) < 4.78 is 15.8. The van der Waals surface area contributed by atoms with Gasteiger partial charge in [-0.05, 0) is 35.7 Å². The molecular formula is C17H11FN2. The van der Waals surface area contributed by atoms with Gasteiger partial charge in [-0.3, -0.25) is 0 Å². The van der Waals surface area contributed by atoms with Gasteiger partial charge in [0.05, 0.1) is 5.52 Å². The zero-order valence-electron chi connectivity index (χ0n) is 10.6. The zero-order valence-corrected chi connectivity index (χ0v) is 10.6. The summed E-state index contributed by atoms with van der Waals surface area (Å²) in [7, 11) is 0. The maximum Gasteiger partial charge on any atom is 0.149 e. The van der Waals surface area contributed by atoms with Crippen LogP contribution in [-0.2, 0) is 0 Å². The topological polar surface area (TPSA) is 17.8 Å². The van der Waals surface area contributed by atoms with Gasteiger partial charge in [-0.25, -0.2) is 9.37 Å². The van der Waals surface area contributed by atoms with Gasteiger partial charge in [-0.15, -0.1) is 0 Å². The second-order valence-corrected chi connectivity index (χ2v) is 4.73. The smallest absolute Gasteiger partial charge is 0.149 e. The maximum atomic E-state index is 13.9. The Morgan fingerprint density at radius 2 is 1.65 bits per heavy atom. The predicted octanol–water partition coefficient (Wildman–Crippen LogP) is 4.32. The molecule has 0 saturated carbocycles. The number of aromatic nitrogens is 2. The first-order valence-electron chi connectivity index (χ1n) is 6.45. The zero-order chi connectivity index (χ0) is 13.5. The maximum absolute atomic E-state index is 13.9. The van der Waals surface area contributed by atoms with Crippen LogP contribution in [0.4, 0.5) is 4.39 Å². The number of fused-ring (bicyclic) bond motifs is 2. The van der Waals surface area contributed by atoms with E-state index in [-0.39, 0.29) is 5.82 Å². The summed E-state index contributed by atoms with van der Waals surface area (Å²) in [6.07, 6.45) is 1.96. The lowest BCUT2D eigenvalue weighted by molar-refractivity contribution is 0.636. The van der Waals surface area contributed by atoms with Gasteiger partial charge in [-0.2, -0.15) is 0 Å². The van der Waals surface area contributed by atoms with Crippen molar-refractivity contribution in [1.29, 1.82) is 0 Å². The Morgan fingerprint density at radius 1 is 0.800 bits per heavy atom. The second kappa shape index (κ2) is 4.17. The first kappa shape index (κ1) is 11.2. The summed E-state index contributed by atoms with van der Waals surface area (Å²) >= 11 is 0. The molecule has 96 valence electrons. The van der Waals surface area contributed by atoms with E-state index in [1.54, 1.807) is 6.07 Å². The van der Waals surface area contributed by atoms with Crippen molar-refractivity contribution < 1.29 is 4.39 Å². The van der Waals surface area contributed by atoms with Crippen molar-refractivity contribution in [3.8, 4) is 5.82 Å². The molecule has 0 amide bonds. The van der Waals surface area contributed by atoms with Crippen LogP contribution in [0.3, 0.4) is 0 Å². The van der Waals surface area contributed by atoms with Crippen molar-refractivity contribution in [2.45, 2.75) is 0 Å². The van der Waals surface area contributed by atoms with Crippen LogP contribution in [0.1, 0.15) is 0 Å². The van der Waals surface area contributed by atoms with Gasteiger partial charge in [0.25, 0.3) is 0 Å². The normalized spacial score (nSPS) is 11.2. The molecule has 0 saturated heterocycles. The van der Waals surface area contributed by atoms with Crippen LogP contribution in [-0.4, -0.2) is 9.55 Å². The van der Waals surface area contributed by atoms with Crippen LogP contribution in [0.5, 0.6) is 0 Å². The molecule has 0 N–H and O–H groups in total. The van der Waals surface area contributed by atoms with Crippen molar-refractivity contribution in [1.82, 2.24) is 9.55 Å². The fourth-order valence-corrected chi connectivity index (χ4v) is 2.52. The van der Waals surface area contributed by atoms with Gasteiger partial charge in [0.1, 0.15) is 17.2 Å². The van der Waals surface area contributed by atoms with Crippen molar-refractivity contribution in [2.24, 2.45) is 0 Å². The van der Waals surface area contributed by atoms with E-state index < -0.39 is 0 Å². The molecule has 0 unspecified atom stereocenters. The second-order valence-electron chi connectivity index (χ2n) is 4.73. The molecule has 0 spiro atoms. The number of hydrogen-bond donors (Lipinski definition) is 0. The first-order valence-corrected chi connectivity index (χ1v) is 6.45. The van der Waals surface area contributed by atoms with E-state index in [0.29, 0.717) is 5.52 Å². The highest BCUT2D eigenvalue weighted by Gasteiger charge is 2.07. The molecule has 0 fully saturated rings. The van der Waals surface area contributed by atoms with Gasteiger partial charge in [0.15, 0.2) is 0 Å². The van der Waals surface area contributed by atoms with E-state index in [1.807, 2.05) is 59.3 Å². The number of halogens is 1. The standard InChI is InChI=1S/C17H11FN2/c18-14-6-3-5-13-8-9-16(19-17(13)14)20-11-10-12-4-1-2-7-15(12)20/h1-11H. The fourth-order valence-electron chi connectivity index (χ4n) is 2.52. The minimum absolute atomic E-state index is 0.291. The molecule has 0 aliphatic carbocycles. The van der Waals surface area contributed by atoms with E-state index in [0.717, 1.165) is 22.1 Å². The Bertz CT molecular complexity index is 924. The van der Waals surface area contributed by atoms with Crippen LogP contribution in [0.2, 0.25) is 0 Å². The highest BCUT2D eigenvalue weighted by Crippen LogP contribution is 2.22. The Kier molecular flexibility index (Phi) is 2.33. The predicted molar refractivity (Wildman–Crippen MR) is 78.5 cm³/mol. The molecule has 3 heteroatoms. The van der Waals surface area contributed by atoms with Crippen LogP contribution in [0.25, 0.3) is 27.6 Å². The van der Waals surface area contributed by atoms with Crippen LogP contribution in [0.15, 0.2) is 66.9 Å². The largest absolute Gasteiger partial charge is 0.301 e. The van der Waals surface area contributed by atoms with Gasteiger partial charge in [-0.1, -0.05) is 30.3 Å². The van der Waals surface area contributed by atoms with Crippen molar-refractivity contribution in [3.63, 3.8) is 0 Å². The van der Waals surface area contributed by atoms with Gasteiger partial charge >= 0.3 is 0 Å². The van der Waals surface area contributed by atoms with Gasteiger partial charge in [0.2, 0.25) is 0 Å². The molecule has 4 rings (SSSR count). The third-order valence-corrected chi connectivity index (χ3v) is 3.50. The number of benzene rings is 2. The Morgan fingerprint density at radius 3 is 2.60 bits per heavy atom. The summed E-state index contributed by atoms with van der Waals surface area (Å²) in [4.78, 5) is 4.46. The molecule has 0 radical (unpaired) electrons. The van der Waals surface area contributed by atoms with E-state index in [2.05, 4.69) is 4.98 Å². The molecule has 0 bridgehead atoms. The summed E-state index contributed by atoms with van der Waals surface area (Å²) in [5.74, 6) is 0.435. The van der Waals surface area contributed by atoms with E-state index in [1.165, 1.54) is 6.07 Å². The molecular weight excluding hydrogens is 251 g/mol. The van der Waals surface area contributed by atoms with Crippen LogP contribution in [0, 0.1) is 5.82 Å². The fraction of sp³-hybridized carbons (Fsp3) is 0. The average molecular weight is 262 g/mol. The van der Waals surface area contributed by atoms with Crippen LogP contribution < -0.4 is 0 Å². The molecule has 2 heterocycles. The van der Waals surface area contributed by atoms with Gasteiger partial charge < -0.3 is 4.57 Å². The lowest BCUT2D eigenvalue weighted by atomic mass is 10.2. The monoisotopic (exact) mass is 262 g/mol. The highest BCUT2D eigenvalue weighted by atomic mass is 19.1. The summed E-state index contributed by atoms with van der Waals surface area (Å²) in [5.41, 5.74) is 1.47. The molecule has 2 aromatic heterocycles. The third-order valence-electron chi connectivity index (χ3n) is 3.50. The molecule has 4 aromatic rings. The number of hydrogen-bond acceptors (Lipinski definition) is 1. The minimum atomic E-state index is -0.291. The first-order chi connectivity index (χ1) is 9.83. The Balaban J connectivity index is 2.00. The number of pyridine rings is 1. The average Bonchev–Trinajstić information content (AvgIpc) is 2.91. The minimum Gasteiger partial charge on any atom is -0.301 e. The molecule has 20 heavy (non-hydrogen) atoms. The number of nitrogens with zero attached hydrogens (tertiary/aromatic N) is 2. The molecule has 0 aliphatic heterocycles. The summed E-state index contributed by atoms with van der Waals surface area (Å²) in [6, 6.07) is 18.9. The SMILES string of the molecule is Fc1cccc2ccc(-n3ccc4ccccc43)nc12. The van der Waals surface area contributed by atoms with E-state index >= 15 is 0 Å². The highest BCUT2D eigenvalue weighted by molar-refractivity contribution is 5.83. The number of rotatable bonds is 1. The summed E-state index contributed by atoms with van der Waals surface area (Å²) in [5, 5.41) is 1.95. The Hall–Kier alpha value is -2.68. The van der Waals surface area contributed by atoms with E-state index in [4.69, 9.17) is 0 Å². The third kappa shape index (κ3) is 1.60. The van der Waals surface area contributed by atoms with Gasteiger partial charge in [0, 0.05) is 11.6 Å². The molecule has 2 nitrogen and oxygen atoms in total. The quantitative estimate of drug-likeness (QED) is 0.499. The van der Waals surface area contributed by atoms with Crippen molar-refractivity contribution >= 4 is 21.8 Å². The summed E-state index contributed by atoms with van der Waals surface area (Å²) in [6.45, 7) is 0. The molecule has 0 aliphatic rings. The van der Waals surface area contributed by atoms with E-state index in [9.17, 15) is 4.39 Å². The lowest BCUT2D eigenvalue weighted by Gasteiger charge is -2.06. The van der Waals surface area contributed by atoms with Crippen molar-refractivity contribution in [3.05, 3.63) is 72.7 Å². The van der Waals surface area contributed by atoms with Crippen LogP contribution >= 0.6 is 0 Å². The molecule has 2 aromatic carbocycles. The Labute approximate surface area is 115 Å². The molecule has 0 atom stereocenters. The number of para-hydroxylation sites is 2. The lowest BCUT2D eigenvalue weighted by Crippen LogP contribution is -1.96.